The number of rotatable bonds is 6. The summed E-state index contributed by atoms with van der Waals surface area (Å²) >= 11 is 1.28. The maximum absolute atomic E-state index is 11.6. The third kappa shape index (κ3) is 6.19. The summed E-state index contributed by atoms with van der Waals surface area (Å²) in [7, 11) is 0. The van der Waals surface area contributed by atoms with Crippen LogP contribution < -0.4 is 5.73 Å². The van der Waals surface area contributed by atoms with E-state index in [4.69, 9.17) is 24.7 Å². The summed E-state index contributed by atoms with van der Waals surface area (Å²) in [5, 5.41) is 0. The van der Waals surface area contributed by atoms with Gasteiger partial charge in [-0.15, -0.1) is 0 Å². The van der Waals surface area contributed by atoms with Crippen LogP contribution in [0.5, 0.6) is 0 Å². The standard InChI is InChI=1S/C17H22N2O7S/c1-9(20)23-8-13-15(24-10(2)21)14(18)16(25-11(3)22)17(26-13)27-12-4-6-19-7-5-12/h4-7,13-17H,8,18H2,1-3H3. The molecule has 27 heavy (non-hydrogen) atoms. The second-order valence-corrected chi connectivity index (χ2v) is 7.04. The van der Waals surface area contributed by atoms with Gasteiger partial charge in [-0.1, -0.05) is 11.8 Å². The third-order valence-electron chi connectivity index (χ3n) is 3.66. The van der Waals surface area contributed by atoms with Gasteiger partial charge in [0, 0.05) is 38.1 Å². The molecule has 1 aliphatic rings. The number of hydrogen-bond acceptors (Lipinski definition) is 10. The average Bonchev–Trinajstić information content (AvgIpc) is 2.59. The molecule has 5 unspecified atom stereocenters. The highest BCUT2D eigenvalue weighted by Crippen LogP contribution is 2.35. The lowest BCUT2D eigenvalue weighted by atomic mass is 9.97. The molecule has 0 amide bonds. The van der Waals surface area contributed by atoms with Gasteiger partial charge in [0.1, 0.15) is 24.3 Å². The van der Waals surface area contributed by atoms with Crippen LogP contribution in [-0.2, 0) is 33.3 Å². The predicted molar refractivity (Wildman–Crippen MR) is 94.5 cm³/mol. The van der Waals surface area contributed by atoms with E-state index in [2.05, 4.69) is 4.98 Å². The molecule has 2 N–H and O–H groups in total. The molecule has 1 aromatic heterocycles. The number of thioether (sulfide) groups is 1. The number of pyridine rings is 1. The van der Waals surface area contributed by atoms with Crippen LogP contribution in [0.25, 0.3) is 0 Å². The Labute approximate surface area is 160 Å². The monoisotopic (exact) mass is 398 g/mol. The first-order valence-corrected chi connectivity index (χ1v) is 9.11. The highest BCUT2D eigenvalue weighted by molar-refractivity contribution is 7.99. The van der Waals surface area contributed by atoms with E-state index >= 15 is 0 Å². The minimum atomic E-state index is -0.944. The number of ether oxygens (including phenoxy) is 4. The summed E-state index contributed by atoms with van der Waals surface area (Å²) in [5.41, 5.74) is 5.56. The highest BCUT2D eigenvalue weighted by Gasteiger charge is 2.48. The van der Waals surface area contributed by atoms with Crippen molar-refractivity contribution < 1.29 is 33.3 Å². The Morgan fingerprint density at radius 1 is 1.07 bits per heavy atom. The van der Waals surface area contributed by atoms with Gasteiger partial charge in [-0.2, -0.15) is 0 Å². The van der Waals surface area contributed by atoms with Crippen LogP contribution in [0.2, 0.25) is 0 Å². The molecule has 0 radical (unpaired) electrons. The van der Waals surface area contributed by atoms with Gasteiger partial charge in [0.2, 0.25) is 0 Å². The topological polar surface area (TPSA) is 127 Å². The lowest BCUT2D eigenvalue weighted by molar-refractivity contribution is -0.201. The molecule has 148 valence electrons. The van der Waals surface area contributed by atoms with E-state index in [9.17, 15) is 14.4 Å². The van der Waals surface area contributed by atoms with Crippen molar-refractivity contribution in [1.29, 1.82) is 0 Å². The lowest BCUT2D eigenvalue weighted by Gasteiger charge is -2.43. The summed E-state index contributed by atoms with van der Waals surface area (Å²) in [4.78, 5) is 39.0. The smallest absolute Gasteiger partial charge is 0.303 e. The zero-order valence-electron chi connectivity index (χ0n) is 15.2. The van der Waals surface area contributed by atoms with Crippen molar-refractivity contribution in [3.05, 3.63) is 24.5 Å². The predicted octanol–water partition coefficient (Wildman–Crippen LogP) is 0.652. The van der Waals surface area contributed by atoms with Crippen LogP contribution >= 0.6 is 11.8 Å². The van der Waals surface area contributed by atoms with Gasteiger partial charge >= 0.3 is 17.9 Å². The lowest BCUT2D eigenvalue weighted by Crippen LogP contribution is -2.63. The highest BCUT2D eigenvalue weighted by atomic mass is 32.2. The van der Waals surface area contributed by atoms with E-state index in [-0.39, 0.29) is 6.61 Å². The third-order valence-corrected chi connectivity index (χ3v) is 4.82. The fourth-order valence-corrected chi connectivity index (χ4v) is 3.71. The van der Waals surface area contributed by atoms with Gasteiger partial charge in [-0.05, 0) is 12.1 Å². The zero-order chi connectivity index (χ0) is 20.0. The molecule has 1 aromatic rings. The Bertz CT molecular complexity index is 671. The van der Waals surface area contributed by atoms with Gasteiger partial charge < -0.3 is 24.7 Å². The van der Waals surface area contributed by atoms with Crippen molar-refractivity contribution in [2.75, 3.05) is 6.61 Å². The Kier molecular flexibility index (Phi) is 7.57. The molecule has 9 nitrogen and oxygen atoms in total. The molecule has 1 fully saturated rings. The number of nitrogens with two attached hydrogens (primary N) is 1. The molecular weight excluding hydrogens is 376 g/mol. The Morgan fingerprint density at radius 2 is 1.67 bits per heavy atom. The van der Waals surface area contributed by atoms with Crippen molar-refractivity contribution in [3.8, 4) is 0 Å². The van der Waals surface area contributed by atoms with Crippen LogP contribution in [0.3, 0.4) is 0 Å². The van der Waals surface area contributed by atoms with E-state index < -0.39 is 47.7 Å². The summed E-state index contributed by atoms with van der Waals surface area (Å²) in [6.45, 7) is 3.59. The van der Waals surface area contributed by atoms with Crippen molar-refractivity contribution in [2.24, 2.45) is 5.73 Å². The number of esters is 3. The molecule has 5 atom stereocenters. The summed E-state index contributed by atoms with van der Waals surface area (Å²) in [5.74, 6) is -1.62. The summed E-state index contributed by atoms with van der Waals surface area (Å²) in [6, 6.07) is 2.67. The first-order chi connectivity index (χ1) is 12.8. The van der Waals surface area contributed by atoms with Gasteiger partial charge in [-0.3, -0.25) is 19.4 Å². The first-order valence-electron chi connectivity index (χ1n) is 8.23. The van der Waals surface area contributed by atoms with Gasteiger partial charge in [0.15, 0.2) is 6.10 Å². The minimum Gasteiger partial charge on any atom is -0.463 e. The summed E-state index contributed by atoms with van der Waals surface area (Å²) in [6.07, 6.45) is 0.603. The van der Waals surface area contributed by atoms with Gasteiger partial charge in [0.05, 0.1) is 6.04 Å². The van der Waals surface area contributed by atoms with Crippen LogP contribution in [0.4, 0.5) is 0 Å². The Hall–Kier alpha value is -2.17. The van der Waals surface area contributed by atoms with Gasteiger partial charge in [-0.25, -0.2) is 0 Å². The first kappa shape index (κ1) is 21.1. The molecular formula is C17H22N2O7S. The normalized spacial score (nSPS) is 27.5. The molecule has 0 spiro atoms. The van der Waals surface area contributed by atoms with Gasteiger partial charge in [0.25, 0.3) is 0 Å². The fourth-order valence-electron chi connectivity index (χ4n) is 2.59. The molecule has 0 aliphatic carbocycles. The van der Waals surface area contributed by atoms with Crippen LogP contribution in [0.15, 0.2) is 29.4 Å². The van der Waals surface area contributed by atoms with E-state index in [1.54, 1.807) is 24.5 Å². The van der Waals surface area contributed by atoms with Crippen molar-refractivity contribution >= 4 is 29.7 Å². The van der Waals surface area contributed by atoms with Crippen molar-refractivity contribution in [2.45, 2.75) is 55.5 Å². The quantitative estimate of drug-likeness (QED) is 0.539. The summed E-state index contributed by atoms with van der Waals surface area (Å²) < 4.78 is 21.6. The molecule has 1 aliphatic heterocycles. The van der Waals surface area contributed by atoms with Crippen LogP contribution in [0, 0.1) is 0 Å². The van der Waals surface area contributed by atoms with E-state index in [1.165, 1.54) is 32.5 Å². The maximum Gasteiger partial charge on any atom is 0.303 e. The fraction of sp³-hybridized carbons (Fsp3) is 0.529. The van der Waals surface area contributed by atoms with Crippen molar-refractivity contribution in [1.82, 2.24) is 4.98 Å². The zero-order valence-corrected chi connectivity index (χ0v) is 16.0. The van der Waals surface area contributed by atoms with Crippen molar-refractivity contribution in [3.63, 3.8) is 0 Å². The molecule has 0 saturated carbocycles. The Morgan fingerprint density at radius 3 is 2.22 bits per heavy atom. The van der Waals surface area contributed by atoms with Crippen LogP contribution in [-0.4, -0.2) is 59.3 Å². The van der Waals surface area contributed by atoms with Crippen LogP contribution in [0.1, 0.15) is 20.8 Å². The van der Waals surface area contributed by atoms with E-state index in [0.717, 1.165) is 4.90 Å². The molecule has 1 saturated heterocycles. The number of carbonyl (C=O) groups excluding carboxylic acids is 3. The maximum atomic E-state index is 11.6. The minimum absolute atomic E-state index is 0.152. The number of carbonyl (C=O) groups is 3. The van der Waals surface area contributed by atoms with E-state index in [1.807, 2.05) is 0 Å². The molecule has 10 heteroatoms. The number of nitrogens with zero attached hydrogens (tertiary/aromatic N) is 1. The largest absolute Gasteiger partial charge is 0.463 e. The number of aromatic nitrogens is 1. The molecule has 0 bridgehead atoms. The van der Waals surface area contributed by atoms with E-state index in [0.29, 0.717) is 0 Å². The number of hydrogen-bond donors (Lipinski definition) is 1. The molecule has 0 aromatic carbocycles. The molecule has 2 rings (SSSR count). The Balaban J connectivity index is 2.27. The second kappa shape index (κ2) is 9.67. The molecule has 2 heterocycles. The average molecular weight is 398 g/mol. The second-order valence-electron chi connectivity index (χ2n) is 5.87. The SMILES string of the molecule is CC(=O)OCC1OC(Sc2ccncc2)C(OC(C)=O)C(N)C1OC(C)=O.